The van der Waals surface area contributed by atoms with Crippen molar-refractivity contribution in [1.82, 2.24) is 4.90 Å². The lowest BCUT2D eigenvalue weighted by atomic mass is 10.0. The number of phenolic OH excluding ortho intramolecular Hbond substituents is 1. The van der Waals surface area contributed by atoms with Gasteiger partial charge < -0.3 is 16.6 Å². The fourth-order valence-corrected chi connectivity index (χ4v) is 3.94. The summed E-state index contributed by atoms with van der Waals surface area (Å²) in [5, 5.41) is 9.41. The van der Waals surface area contributed by atoms with Crippen LogP contribution in [0.25, 0.3) is 0 Å². The number of hydrogen-bond donors (Lipinski definition) is 3. The van der Waals surface area contributed by atoms with Crippen molar-refractivity contribution in [2.75, 3.05) is 18.6 Å². The Morgan fingerprint density at radius 1 is 0.938 bits per heavy atom. The van der Waals surface area contributed by atoms with Crippen LogP contribution in [0.1, 0.15) is 24.0 Å². The van der Waals surface area contributed by atoms with E-state index in [1.165, 1.54) is 12.1 Å². The molecule has 1 unspecified atom stereocenters. The van der Waals surface area contributed by atoms with Crippen LogP contribution in [-0.2, 0) is 32.3 Å². The van der Waals surface area contributed by atoms with Gasteiger partial charge in [-0.15, -0.1) is 0 Å². The van der Waals surface area contributed by atoms with Gasteiger partial charge in [0.25, 0.3) is 0 Å². The van der Waals surface area contributed by atoms with Crippen LogP contribution in [0.3, 0.4) is 0 Å². The zero-order chi connectivity index (χ0) is 23.7. The highest BCUT2D eigenvalue weighted by Gasteiger charge is 2.30. The normalized spacial score (nSPS) is 13.3. The van der Waals surface area contributed by atoms with Crippen molar-refractivity contribution in [1.29, 1.82) is 0 Å². The van der Waals surface area contributed by atoms with Gasteiger partial charge in [-0.3, -0.25) is 14.5 Å². The minimum absolute atomic E-state index is 0.0761. The molecule has 9 heteroatoms. The second-order valence-electron chi connectivity index (χ2n) is 7.92. The molecule has 8 nitrogen and oxygen atoms in total. The molecular formula is C23H31N3O5S. The molecule has 5 N–H and O–H groups in total. The number of nitrogens with two attached hydrogens (primary N) is 2. The summed E-state index contributed by atoms with van der Waals surface area (Å²) < 4.78 is 22.9. The Hall–Kier alpha value is -2.75. The molecule has 0 saturated carbocycles. The first kappa shape index (κ1) is 25.5. The highest BCUT2D eigenvalue weighted by Crippen LogP contribution is 2.13. The van der Waals surface area contributed by atoms with E-state index < -0.39 is 33.7 Å². The number of rotatable bonds is 11. The Bertz CT molecular complexity index is 994. The lowest BCUT2D eigenvalue weighted by molar-refractivity contribution is -0.146. The van der Waals surface area contributed by atoms with Crippen molar-refractivity contribution < 1.29 is 23.1 Å². The Balaban J connectivity index is 2.10. The molecule has 0 spiro atoms. The number of benzene rings is 2. The van der Waals surface area contributed by atoms with Crippen LogP contribution in [0.2, 0.25) is 0 Å². The lowest BCUT2D eigenvalue weighted by Gasteiger charge is -2.27. The first-order valence-electron chi connectivity index (χ1n) is 10.4. The molecule has 2 atom stereocenters. The lowest BCUT2D eigenvalue weighted by Crippen LogP contribution is -2.53. The molecule has 0 aromatic heterocycles. The number of hydrogen-bond acceptors (Lipinski definition) is 7. The topological polar surface area (TPSA) is 144 Å². The van der Waals surface area contributed by atoms with E-state index in [0.29, 0.717) is 12.8 Å². The van der Waals surface area contributed by atoms with Gasteiger partial charge >= 0.3 is 0 Å². The van der Waals surface area contributed by atoms with Crippen LogP contribution in [0.4, 0.5) is 0 Å². The first-order valence-corrected chi connectivity index (χ1v) is 12.5. The predicted molar refractivity (Wildman–Crippen MR) is 124 cm³/mol. The second-order valence-corrected chi connectivity index (χ2v) is 10.2. The molecule has 32 heavy (non-hydrogen) atoms. The van der Waals surface area contributed by atoms with Gasteiger partial charge in [-0.1, -0.05) is 42.5 Å². The van der Waals surface area contributed by atoms with E-state index in [-0.39, 0.29) is 30.9 Å². The molecule has 0 fully saturated rings. The van der Waals surface area contributed by atoms with Gasteiger partial charge in [-0.05, 0) is 48.9 Å². The highest BCUT2D eigenvalue weighted by molar-refractivity contribution is 7.90. The minimum atomic E-state index is -3.29. The SMILES string of the molecule is CS(=O)(=O)CCC(N)C(=O)N(CCCc1ccccc1)C(=O)[C@@H](N)Cc1ccc(O)cc1. The summed E-state index contributed by atoms with van der Waals surface area (Å²) in [6.07, 6.45) is 2.35. The third kappa shape index (κ3) is 8.41. The van der Waals surface area contributed by atoms with E-state index in [9.17, 15) is 23.1 Å². The second kappa shape index (κ2) is 11.8. The Morgan fingerprint density at radius 2 is 1.53 bits per heavy atom. The number of imide groups is 1. The minimum Gasteiger partial charge on any atom is -0.508 e. The summed E-state index contributed by atoms with van der Waals surface area (Å²) in [6, 6.07) is 13.9. The van der Waals surface area contributed by atoms with Crippen LogP contribution < -0.4 is 11.5 Å². The number of amides is 2. The number of phenols is 1. The maximum atomic E-state index is 13.1. The molecule has 0 saturated heterocycles. The zero-order valence-electron chi connectivity index (χ0n) is 18.2. The van der Waals surface area contributed by atoms with Crippen molar-refractivity contribution in [3.63, 3.8) is 0 Å². The molecule has 2 aromatic rings. The monoisotopic (exact) mass is 461 g/mol. The maximum absolute atomic E-state index is 13.1. The fourth-order valence-electron chi connectivity index (χ4n) is 3.25. The fraction of sp³-hybridized carbons (Fsp3) is 0.391. The van der Waals surface area contributed by atoms with E-state index in [1.54, 1.807) is 12.1 Å². The van der Waals surface area contributed by atoms with Gasteiger partial charge in [0.1, 0.15) is 15.6 Å². The molecule has 0 aliphatic heterocycles. The van der Waals surface area contributed by atoms with Gasteiger partial charge in [0.2, 0.25) is 11.8 Å². The van der Waals surface area contributed by atoms with Gasteiger partial charge in [-0.25, -0.2) is 8.42 Å². The number of carbonyl (C=O) groups is 2. The average molecular weight is 462 g/mol. The van der Waals surface area contributed by atoms with Gasteiger partial charge in [0.15, 0.2) is 0 Å². The molecule has 0 bridgehead atoms. The standard InChI is InChI=1S/C23H31N3O5S/c1-32(30,31)15-13-20(24)22(28)26(14-5-8-17-6-3-2-4-7-17)23(29)21(25)16-18-9-11-19(27)12-10-18/h2-4,6-7,9-12,20-21,27H,5,8,13-16,24-25H2,1H3/t20?,21-/m0/s1. The quantitative estimate of drug-likeness (QED) is 0.453. The molecule has 2 amide bonds. The third-order valence-corrected chi connectivity index (χ3v) is 6.03. The number of carbonyl (C=O) groups excluding carboxylic acids is 2. The van der Waals surface area contributed by atoms with Crippen molar-refractivity contribution in [2.45, 2.75) is 37.8 Å². The molecule has 2 rings (SSSR count). The van der Waals surface area contributed by atoms with E-state index in [2.05, 4.69) is 0 Å². The number of aryl methyl sites for hydroxylation is 1. The highest BCUT2D eigenvalue weighted by atomic mass is 32.2. The molecule has 174 valence electrons. The summed E-state index contributed by atoms with van der Waals surface area (Å²) in [6.45, 7) is 0.127. The Labute approximate surface area is 189 Å². The molecular weight excluding hydrogens is 430 g/mol. The van der Waals surface area contributed by atoms with Crippen LogP contribution in [-0.4, -0.2) is 60.9 Å². The molecule has 2 aromatic carbocycles. The summed E-state index contributed by atoms with van der Waals surface area (Å²) in [5.41, 5.74) is 13.9. The third-order valence-electron chi connectivity index (χ3n) is 5.05. The average Bonchev–Trinajstić information content (AvgIpc) is 2.76. The van der Waals surface area contributed by atoms with Crippen LogP contribution in [0.15, 0.2) is 54.6 Å². The van der Waals surface area contributed by atoms with Gasteiger partial charge in [-0.2, -0.15) is 0 Å². The number of nitrogens with zero attached hydrogens (tertiary/aromatic N) is 1. The van der Waals surface area contributed by atoms with Crippen LogP contribution >= 0.6 is 0 Å². The molecule has 0 aliphatic rings. The van der Waals surface area contributed by atoms with E-state index in [0.717, 1.165) is 22.3 Å². The van der Waals surface area contributed by atoms with Crippen LogP contribution in [0.5, 0.6) is 5.75 Å². The molecule has 0 radical (unpaired) electrons. The van der Waals surface area contributed by atoms with Crippen molar-refractivity contribution >= 4 is 21.7 Å². The van der Waals surface area contributed by atoms with Crippen LogP contribution in [0, 0.1) is 0 Å². The smallest absolute Gasteiger partial charge is 0.246 e. The summed E-state index contributed by atoms with van der Waals surface area (Å²) in [5.74, 6) is -1.34. The van der Waals surface area contributed by atoms with E-state index in [1.807, 2.05) is 30.3 Å². The van der Waals surface area contributed by atoms with E-state index >= 15 is 0 Å². The molecule has 0 aliphatic carbocycles. The Morgan fingerprint density at radius 3 is 2.12 bits per heavy atom. The first-order chi connectivity index (χ1) is 15.1. The van der Waals surface area contributed by atoms with Crippen molar-refractivity contribution in [2.24, 2.45) is 11.5 Å². The largest absolute Gasteiger partial charge is 0.508 e. The van der Waals surface area contributed by atoms with E-state index in [4.69, 9.17) is 11.5 Å². The summed E-state index contributed by atoms with van der Waals surface area (Å²) >= 11 is 0. The number of sulfone groups is 1. The summed E-state index contributed by atoms with van der Waals surface area (Å²) in [4.78, 5) is 27.1. The zero-order valence-corrected chi connectivity index (χ0v) is 19.0. The summed E-state index contributed by atoms with van der Waals surface area (Å²) in [7, 11) is -3.29. The maximum Gasteiger partial charge on any atom is 0.246 e. The van der Waals surface area contributed by atoms with Crippen molar-refractivity contribution in [3.05, 3.63) is 65.7 Å². The Kier molecular flexibility index (Phi) is 9.37. The van der Waals surface area contributed by atoms with Gasteiger partial charge in [0, 0.05) is 12.8 Å². The van der Waals surface area contributed by atoms with Crippen molar-refractivity contribution in [3.8, 4) is 5.75 Å². The number of aromatic hydroxyl groups is 1. The van der Waals surface area contributed by atoms with Gasteiger partial charge in [0.05, 0.1) is 17.8 Å². The molecule has 0 heterocycles. The predicted octanol–water partition coefficient (Wildman–Crippen LogP) is 1.01.